The minimum atomic E-state index is 0.437. The third-order valence-corrected chi connectivity index (χ3v) is 5.09. The quantitative estimate of drug-likeness (QED) is 0.284. The van der Waals surface area contributed by atoms with E-state index in [0.717, 1.165) is 48.2 Å². The maximum atomic E-state index is 6.41. The van der Waals surface area contributed by atoms with Gasteiger partial charge in [0.1, 0.15) is 11.3 Å². The number of rotatable bonds is 8. The summed E-state index contributed by atoms with van der Waals surface area (Å²) in [6.45, 7) is 2.46. The number of halogens is 2. The zero-order valence-corrected chi connectivity index (χ0v) is 17.5. The highest BCUT2D eigenvalue weighted by molar-refractivity contribution is 6.37. The minimum absolute atomic E-state index is 0.437. The van der Waals surface area contributed by atoms with E-state index in [-0.39, 0.29) is 0 Å². The molecule has 29 heavy (non-hydrogen) atoms. The number of hydrogen-bond acceptors (Lipinski definition) is 5. The first-order valence-electron chi connectivity index (χ1n) is 9.50. The Balaban J connectivity index is 1.33. The van der Waals surface area contributed by atoms with Gasteiger partial charge in [-0.2, -0.15) is 0 Å². The van der Waals surface area contributed by atoms with Crippen LogP contribution in [0.3, 0.4) is 0 Å². The molecule has 4 aromatic rings. The van der Waals surface area contributed by atoms with Crippen molar-refractivity contribution in [2.45, 2.75) is 32.6 Å². The van der Waals surface area contributed by atoms with Gasteiger partial charge in [0.2, 0.25) is 5.89 Å². The van der Waals surface area contributed by atoms with Crippen molar-refractivity contribution in [1.82, 2.24) is 10.1 Å². The average Bonchev–Trinajstić information content (AvgIpc) is 3.32. The SMILES string of the molecule is Cc1cc(CCCCCOc2c(Cl)cc(-c3nc4ccccc4o3)cc2Cl)on1. The lowest BCUT2D eigenvalue weighted by Gasteiger charge is -2.11. The van der Waals surface area contributed by atoms with Crippen LogP contribution in [0.15, 0.2) is 51.4 Å². The van der Waals surface area contributed by atoms with Crippen LogP contribution in [0.2, 0.25) is 10.0 Å². The monoisotopic (exact) mass is 430 g/mol. The minimum Gasteiger partial charge on any atom is -0.490 e. The molecule has 0 aliphatic rings. The molecule has 0 unspecified atom stereocenters. The lowest BCUT2D eigenvalue weighted by Crippen LogP contribution is -1.99. The number of aromatic nitrogens is 2. The smallest absolute Gasteiger partial charge is 0.227 e. The molecule has 0 N–H and O–H groups in total. The molecule has 0 aliphatic carbocycles. The van der Waals surface area contributed by atoms with Gasteiger partial charge in [0.25, 0.3) is 0 Å². The van der Waals surface area contributed by atoms with Gasteiger partial charge in [-0.05, 0) is 50.5 Å². The predicted molar refractivity (Wildman–Crippen MR) is 114 cm³/mol. The third kappa shape index (κ3) is 4.74. The van der Waals surface area contributed by atoms with Crippen molar-refractivity contribution >= 4 is 34.3 Å². The summed E-state index contributed by atoms with van der Waals surface area (Å²) in [4.78, 5) is 4.48. The van der Waals surface area contributed by atoms with Gasteiger partial charge in [0, 0.05) is 18.1 Å². The van der Waals surface area contributed by atoms with Gasteiger partial charge in [0.15, 0.2) is 11.3 Å². The molecule has 2 aromatic carbocycles. The van der Waals surface area contributed by atoms with Crippen LogP contribution in [0.25, 0.3) is 22.6 Å². The molecule has 2 heterocycles. The summed E-state index contributed by atoms with van der Waals surface area (Å²) in [5, 5.41) is 4.77. The lowest BCUT2D eigenvalue weighted by molar-refractivity contribution is 0.303. The van der Waals surface area contributed by atoms with Crippen molar-refractivity contribution in [3.8, 4) is 17.2 Å². The van der Waals surface area contributed by atoms with E-state index in [2.05, 4.69) is 10.1 Å². The van der Waals surface area contributed by atoms with Crippen molar-refractivity contribution in [2.75, 3.05) is 6.61 Å². The summed E-state index contributed by atoms with van der Waals surface area (Å²) in [5.41, 5.74) is 3.13. The summed E-state index contributed by atoms with van der Waals surface area (Å²) < 4.78 is 16.8. The number of fused-ring (bicyclic) bond motifs is 1. The Hall–Kier alpha value is -2.50. The number of benzene rings is 2. The van der Waals surface area contributed by atoms with Gasteiger partial charge in [-0.3, -0.25) is 0 Å². The fourth-order valence-electron chi connectivity index (χ4n) is 3.10. The molecule has 2 aromatic heterocycles. The zero-order chi connectivity index (χ0) is 20.2. The van der Waals surface area contributed by atoms with Crippen molar-refractivity contribution in [3.05, 3.63) is 64.0 Å². The first kappa shape index (κ1) is 19.8. The van der Waals surface area contributed by atoms with Gasteiger partial charge in [0.05, 0.1) is 22.3 Å². The van der Waals surface area contributed by atoms with Crippen LogP contribution >= 0.6 is 23.2 Å². The number of hydrogen-bond donors (Lipinski definition) is 0. The molecule has 0 bridgehead atoms. The molecule has 0 saturated heterocycles. The largest absolute Gasteiger partial charge is 0.490 e. The van der Waals surface area contributed by atoms with E-state index in [0.29, 0.717) is 33.9 Å². The van der Waals surface area contributed by atoms with E-state index in [1.807, 2.05) is 37.3 Å². The molecule has 7 heteroatoms. The van der Waals surface area contributed by atoms with Gasteiger partial charge >= 0.3 is 0 Å². The highest BCUT2D eigenvalue weighted by Crippen LogP contribution is 2.38. The summed E-state index contributed by atoms with van der Waals surface area (Å²) in [6.07, 6.45) is 3.79. The topological polar surface area (TPSA) is 61.3 Å². The van der Waals surface area contributed by atoms with E-state index in [9.17, 15) is 0 Å². The van der Waals surface area contributed by atoms with Crippen LogP contribution in [-0.4, -0.2) is 16.7 Å². The summed E-state index contributed by atoms with van der Waals surface area (Å²) in [5.74, 6) is 1.88. The van der Waals surface area contributed by atoms with Crippen LogP contribution in [-0.2, 0) is 6.42 Å². The fourth-order valence-corrected chi connectivity index (χ4v) is 3.70. The Labute approximate surface area is 178 Å². The van der Waals surface area contributed by atoms with E-state index < -0.39 is 0 Å². The predicted octanol–water partition coefficient (Wildman–Crippen LogP) is 6.89. The summed E-state index contributed by atoms with van der Waals surface area (Å²) >= 11 is 12.8. The molecule has 4 rings (SSSR count). The number of nitrogens with zero attached hydrogens (tertiary/aromatic N) is 2. The summed E-state index contributed by atoms with van der Waals surface area (Å²) in [7, 11) is 0. The Morgan fingerprint density at radius 2 is 1.79 bits per heavy atom. The summed E-state index contributed by atoms with van der Waals surface area (Å²) in [6, 6.07) is 13.1. The molecular formula is C22H20Cl2N2O3. The standard InChI is InChI=1S/C22H20Cl2N2O3/c1-14-11-16(29-26-14)7-3-2-6-10-27-21-17(23)12-15(13-18(21)24)22-25-19-8-4-5-9-20(19)28-22/h4-5,8-9,11-13H,2-3,6-7,10H2,1H3. The van der Waals surface area contributed by atoms with Crippen LogP contribution in [0.1, 0.15) is 30.7 Å². The zero-order valence-electron chi connectivity index (χ0n) is 16.0. The second-order valence-electron chi connectivity index (χ2n) is 6.85. The highest BCUT2D eigenvalue weighted by atomic mass is 35.5. The normalized spacial score (nSPS) is 11.3. The Kier molecular flexibility index (Phi) is 6.07. The molecular weight excluding hydrogens is 411 g/mol. The third-order valence-electron chi connectivity index (χ3n) is 4.53. The van der Waals surface area contributed by atoms with E-state index in [1.54, 1.807) is 12.1 Å². The lowest BCUT2D eigenvalue weighted by atomic mass is 10.1. The first-order valence-corrected chi connectivity index (χ1v) is 10.3. The molecule has 150 valence electrons. The van der Waals surface area contributed by atoms with Crippen LogP contribution in [0.5, 0.6) is 5.75 Å². The second-order valence-corrected chi connectivity index (χ2v) is 7.66. The van der Waals surface area contributed by atoms with Crippen molar-refractivity contribution < 1.29 is 13.7 Å². The highest BCUT2D eigenvalue weighted by Gasteiger charge is 2.14. The molecule has 0 aliphatic heterocycles. The number of ether oxygens (including phenoxy) is 1. The first-order chi connectivity index (χ1) is 14.1. The fraction of sp³-hybridized carbons (Fsp3) is 0.273. The van der Waals surface area contributed by atoms with Gasteiger partial charge in [-0.15, -0.1) is 0 Å². The van der Waals surface area contributed by atoms with Crippen molar-refractivity contribution in [3.63, 3.8) is 0 Å². The maximum Gasteiger partial charge on any atom is 0.227 e. The molecule has 0 atom stereocenters. The molecule has 5 nitrogen and oxygen atoms in total. The van der Waals surface area contributed by atoms with E-state index >= 15 is 0 Å². The van der Waals surface area contributed by atoms with Crippen LogP contribution in [0.4, 0.5) is 0 Å². The molecule has 0 radical (unpaired) electrons. The number of aryl methyl sites for hydroxylation is 2. The molecule has 0 saturated carbocycles. The van der Waals surface area contributed by atoms with Gasteiger partial charge in [-0.1, -0.05) is 40.5 Å². The Morgan fingerprint density at radius 3 is 2.52 bits per heavy atom. The van der Waals surface area contributed by atoms with E-state index in [4.69, 9.17) is 36.9 Å². The van der Waals surface area contributed by atoms with Crippen molar-refractivity contribution in [1.29, 1.82) is 0 Å². The Bertz CT molecular complexity index is 1060. The molecule has 0 fully saturated rings. The number of oxazole rings is 1. The van der Waals surface area contributed by atoms with E-state index in [1.165, 1.54) is 0 Å². The number of unbranched alkanes of at least 4 members (excludes halogenated alkanes) is 2. The van der Waals surface area contributed by atoms with Crippen LogP contribution in [0, 0.1) is 6.92 Å². The number of para-hydroxylation sites is 2. The second kappa shape index (κ2) is 8.89. The Morgan fingerprint density at radius 1 is 1.00 bits per heavy atom. The maximum absolute atomic E-state index is 6.41. The molecule has 0 amide bonds. The molecule has 0 spiro atoms. The van der Waals surface area contributed by atoms with Crippen LogP contribution < -0.4 is 4.74 Å². The average molecular weight is 431 g/mol. The van der Waals surface area contributed by atoms with Gasteiger partial charge in [-0.25, -0.2) is 4.98 Å². The van der Waals surface area contributed by atoms with Crippen molar-refractivity contribution in [2.24, 2.45) is 0 Å². The van der Waals surface area contributed by atoms with Gasteiger partial charge < -0.3 is 13.7 Å².